The Hall–Kier alpha value is -3.85. The van der Waals surface area contributed by atoms with E-state index in [1.54, 1.807) is 77.3 Å². The second kappa shape index (κ2) is 32.4. The molecule has 0 saturated carbocycles. The smallest absolute Gasteiger partial charge is 1.00 e. The molecule has 0 fully saturated rings. The van der Waals surface area contributed by atoms with E-state index in [-0.39, 0.29) is 187 Å². The number of imidazole rings is 2. The average molecular weight is 1450 g/mol. The third-order valence-electron chi connectivity index (χ3n) is 14.1. The number of hydrogen-bond donors (Lipinski definition) is 1. The van der Waals surface area contributed by atoms with E-state index in [4.69, 9.17) is 10.1 Å². The molecule has 0 radical (unpaired) electrons. The van der Waals surface area contributed by atoms with Gasteiger partial charge in [-0.2, -0.15) is 0 Å². The summed E-state index contributed by atoms with van der Waals surface area (Å²) in [6.45, 7) is 8.76. The van der Waals surface area contributed by atoms with E-state index in [2.05, 4.69) is 58.5 Å². The third-order valence-corrected chi connectivity index (χ3v) is 19.2. The Kier molecular flexibility index (Phi) is 27.4. The molecule has 2 atom stereocenters. The van der Waals surface area contributed by atoms with E-state index in [9.17, 15) is 36.0 Å². The van der Waals surface area contributed by atoms with Crippen molar-refractivity contribution in [3.63, 3.8) is 0 Å². The van der Waals surface area contributed by atoms with E-state index in [0.29, 0.717) is 25.9 Å². The molecule has 4 aromatic heterocycles. The number of rotatable bonds is 19. The first-order valence-corrected chi connectivity index (χ1v) is 30.8. The summed E-state index contributed by atoms with van der Waals surface area (Å²) >= 11 is 3.32. The fraction of sp³-hybridized carbons (Fsp3) is 0.262. The molecule has 0 saturated heterocycles. The number of thiophene rings is 2. The van der Waals surface area contributed by atoms with Gasteiger partial charge in [-0.15, -0.1) is 22.7 Å². The number of benzene rings is 6. The summed E-state index contributed by atoms with van der Waals surface area (Å²) in [5, 5.41) is 15.0. The number of fused-ring (bicyclic) bond motifs is 4. The number of nitrogens with one attached hydrogen (secondary N) is 1. The average Bonchev–Trinajstić information content (AvgIpc) is 4.42. The molecule has 6 aromatic carbocycles. The predicted octanol–water partition coefficient (Wildman–Crippen LogP) is 4.76. The number of carbonyl (C=O) groups excluding carboxylic acids is 3. The van der Waals surface area contributed by atoms with Gasteiger partial charge in [0.25, 0.3) is 26.5 Å². The van der Waals surface area contributed by atoms with Crippen molar-refractivity contribution in [3.05, 3.63) is 200 Å². The first-order chi connectivity index (χ1) is 38.9. The van der Waals surface area contributed by atoms with Gasteiger partial charge in [-0.25, -0.2) is 35.5 Å². The molecular formula is C61H66Cs2N6O11S4. The van der Waals surface area contributed by atoms with Crippen LogP contribution in [0.2, 0.25) is 0 Å². The van der Waals surface area contributed by atoms with Crippen molar-refractivity contribution in [2.45, 2.75) is 109 Å². The van der Waals surface area contributed by atoms with E-state index >= 15 is 0 Å². The minimum Gasteiger partial charge on any atom is -1.00 e. The Morgan fingerprint density at radius 1 is 0.619 bits per heavy atom. The van der Waals surface area contributed by atoms with Crippen molar-refractivity contribution in [2.75, 3.05) is 7.05 Å². The van der Waals surface area contributed by atoms with Crippen molar-refractivity contribution >= 4 is 103 Å². The van der Waals surface area contributed by atoms with Crippen molar-refractivity contribution in [1.82, 2.24) is 27.3 Å². The summed E-state index contributed by atoms with van der Waals surface area (Å²) in [6, 6.07) is 42.3. The van der Waals surface area contributed by atoms with Crippen LogP contribution < -0.4 is 159 Å². The SMILES string of the molecule is C.CCCC(CC(=O)N(C)S(=O)(=O)c1ccccc1)n1c(=O)n(Cc2csc3cccc(C)c23)c2ccccc21.CCCC(CC(=O)NS(=O)(=O)c1ccccc1)n1c(=O)n(Cc2csc3cccc(C)c23)c2ccccc21.O=CO[O-].[Cs+].[Cs+].[H-]. The topological polar surface area (TPSA) is 221 Å². The monoisotopic (exact) mass is 1450 g/mol. The number of aryl methyl sites for hydroxylation is 2. The summed E-state index contributed by atoms with van der Waals surface area (Å²) in [4.78, 5) is 65.6. The van der Waals surface area contributed by atoms with Crippen LogP contribution in [0.3, 0.4) is 0 Å². The zero-order chi connectivity index (χ0) is 58.0. The molecule has 0 aliphatic rings. The molecule has 10 rings (SSSR count). The van der Waals surface area contributed by atoms with Crippen LogP contribution >= 0.6 is 22.7 Å². The third kappa shape index (κ3) is 16.1. The Morgan fingerprint density at radius 2 is 1.01 bits per heavy atom. The Bertz CT molecular complexity index is 4240. The molecular weight excluding hydrogens is 1390 g/mol. The van der Waals surface area contributed by atoms with Crippen molar-refractivity contribution in [2.24, 2.45) is 0 Å². The molecule has 4 heterocycles. The standard InChI is InChI=1S/C30H31N3O4S2.C29H29N3O4S2.CH2O3.CH4.2Cs.H/c1-4-11-23(18-28(34)31(3)39(36,37)24-13-6-5-7-14-24)33-26-16-9-8-15-25(26)32(30(33)35)19-22-20-38-27-17-10-12-21(2)29(22)27;1-3-10-22(17-27(33)30-38(35,36)23-12-5-4-6-13-23)32-25-15-8-7-14-24(25)31(29(32)34)18-21-19-37-26-16-9-11-20(2)28(21)26;2-1-4-3;;;;/h5-10,12-17,20,23H,4,11,18-19H2,1-3H3;4-9,11-16,19,22H,3,10,17-18H2,1-2H3,(H,30,33);1,3H;1H4;;;/q;;;;2*+1;-1/p-1. The van der Waals surface area contributed by atoms with Crippen LogP contribution in [0.15, 0.2) is 176 Å². The van der Waals surface area contributed by atoms with Gasteiger partial charge in [-0.05, 0) is 120 Å². The molecule has 17 nitrogen and oxygen atoms in total. The maximum atomic E-state index is 14.0. The van der Waals surface area contributed by atoms with Gasteiger partial charge < -0.3 is 11.6 Å². The zero-order valence-electron chi connectivity index (χ0n) is 48.3. The minimum absolute atomic E-state index is 0. The molecule has 0 aliphatic carbocycles. The molecule has 2 amide bonds. The van der Waals surface area contributed by atoms with Crippen LogP contribution in [-0.2, 0) is 52.4 Å². The number of amides is 2. The van der Waals surface area contributed by atoms with Gasteiger partial charge in [-0.1, -0.05) is 119 Å². The molecule has 0 bridgehead atoms. The Balaban J connectivity index is 0.000000328. The number of para-hydroxylation sites is 4. The van der Waals surface area contributed by atoms with Crippen LogP contribution in [0.25, 0.3) is 42.2 Å². The molecule has 84 heavy (non-hydrogen) atoms. The quantitative estimate of drug-likeness (QED) is 0.0661. The van der Waals surface area contributed by atoms with E-state index < -0.39 is 43.9 Å². The summed E-state index contributed by atoms with van der Waals surface area (Å²) in [5.74, 6) is -1.20. The first kappa shape index (κ1) is 70.9. The number of hydrogen-bond acceptors (Lipinski definition) is 13. The number of aromatic nitrogens is 4. The maximum absolute atomic E-state index is 14.0. The predicted molar refractivity (Wildman–Crippen MR) is 324 cm³/mol. The van der Waals surface area contributed by atoms with Gasteiger partial charge in [0.1, 0.15) is 0 Å². The van der Waals surface area contributed by atoms with Crippen molar-refractivity contribution < 1.29 is 181 Å². The van der Waals surface area contributed by atoms with Gasteiger partial charge in [0.15, 0.2) is 0 Å². The molecule has 432 valence electrons. The van der Waals surface area contributed by atoms with Crippen LogP contribution in [0.5, 0.6) is 0 Å². The Labute approximate surface area is 616 Å². The summed E-state index contributed by atoms with van der Waals surface area (Å²) in [7, 11) is -6.71. The van der Waals surface area contributed by atoms with Gasteiger partial charge in [0, 0.05) is 52.1 Å². The number of nitrogens with zero attached hydrogens (tertiary/aromatic N) is 5. The molecule has 10 aromatic rings. The molecule has 23 heteroatoms. The van der Waals surface area contributed by atoms with E-state index in [1.807, 2.05) is 74.5 Å². The van der Waals surface area contributed by atoms with Gasteiger partial charge in [0.05, 0.1) is 44.9 Å². The summed E-state index contributed by atoms with van der Waals surface area (Å²) in [6.07, 6.45) is 2.32. The normalized spacial score (nSPS) is 11.9. The fourth-order valence-electron chi connectivity index (χ4n) is 10.3. The molecule has 0 spiro atoms. The van der Waals surface area contributed by atoms with Crippen molar-refractivity contribution in [1.29, 1.82) is 0 Å². The van der Waals surface area contributed by atoms with Crippen LogP contribution in [0.4, 0.5) is 0 Å². The second-order valence-corrected chi connectivity index (χ2v) is 24.9. The molecule has 2 unspecified atom stereocenters. The largest absolute Gasteiger partial charge is 1.00 e. The van der Waals surface area contributed by atoms with Gasteiger partial charge >= 0.3 is 149 Å². The van der Waals surface area contributed by atoms with Crippen molar-refractivity contribution in [3.8, 4) is 0 Å². The summed E-state index contributed by atoms with van der Waals surface area (Å²) in [5.41, 5.74) is 7.10. The van der Waals surface area contributed by atoms with Crippen LogP contribution in [0.1, 0.15) is 95.6 Å². The van der Waals surface area contributed by atoms with Crippen LogP contribution in [0, 0.1) is 13.8 Å². The fourth-order valence-corrected chi connectivity index (χ4v) is 14.6. The van der Waals surface area contributed by atoms with E-state index in [0.717, 1.165) is 66.9 Å². The maximum Gasteiger partial charge on any atom is 1.00 e. The first-order valence-electron chi connectivity index (χ1n) is 26.2. The Morgan fingerprint density at radius 3 is 1.43 bits per heavy atom. The molecule has 1 N–H and O–H groups in total. The second-order valence-electron chi connectivity index (χ2n) is 19.4. The zero-order valence-corrected chi connectivity index (χ0v) is 63.1. The minimum atomic E-state index is -4.00. The van der Waals surface area contributed by atoms with Gasteiger partial charge in [-0.3, -0.25) is 32.7 Å². The van der Waals surface area contributed by atoms with E-state index in [1.165, 1.54) is 46.1 Å². The molecule has 0 aliphatic heterocycles. The number of sulfonamides is 2. The summed E-state index contributed by atoms with van der Waals surface area (Å²) < 4.78 is 63.8. The van der Waals surface area contributed by atoms with Crippen LogP contribution in [-0.4, -0.2) is 64.7 Å². The number of carbonyl (C=O) groups is 3. The van der Waals surface area contributed by atoms with Gasteiger partial charge in [0.2, 0.25) is 11.8 Å².